The zero-order valence-corrected chi connectivity index (χ0v) is 17.2. The van der Waals surface area contributed by atoms with Crippen LogP contribution in [0, 0.1) is 5.92 Å². The Kier molecular flexibility index (Phi) is 24.5. The number of methoxy groups -OCH3 is 1. The van der Waals surface area contributed by atoms with Crippen molar-refractivity contribution in [3.8, 4) is 0 Å². The molecule has 25 heavy (non-hydrogen) atoms. The van der Waals surface area contributed by atoms with Crippen molar-refractivity contribution in [3.63, 3.8) is 0 Å². The third-order valence-electron chi connectivity index (χ3n) is 4.31. The quantitative estimate of drug-likeness (QED) is 0.196. The summed E-state index contributed by atoms with van der Waals surface area (Å²) in [5, 5.41) is 8.67. The highest BCUT2D eigenvalue weighted by atomic mass is 16.5. The van der Waals surface area contributed by atoms with E-state index in [-0.39, 0.29) is 0 Å². The van der Waals surface area contributed by atoms with Gasteiger partial charge in [-0.05, 0) is 12.3 Å². The van der Waals surface area contributed by atoms with Gasteiger partial charge in [-0.3, -0.25) is 0 Å². The SMILES string of the molecule is C=CC(=O)OC.CC(C)CCCCCCCCCCCCCCCO. The van der Waals surface area contributed by atoms with E-state index in [1.54, 1.807) is 0 Å². The van der Waals surface area contributed by atoms with Crippen LogP contribution in [-0.2, 0) is 9.53 Å². The molecule has 0 aromatic carbocycles. The fourth-order valence-electron chi connectivity index (χ4n) is 2.69. The Morgan fingerprint density at radius 2 is 1.20 bits per heavy atom. The van der Waals surface area contributed by atoms with Crippen molar-refractivity contribution in [1.29, 1.82) is 0 Å². The Labute approximate surface area is 157 Å². The van der Waals surface area contributed by atoms with Crippen molar-refractivity contribution in [3.05, 3.63) is 12.7 Å². The summed E-state index contributed by atoms with van der Waals surface area (Å²) in [6.45, 7) is 8.18. The van der Waals surface area contributed by atoms with E-state index in [1.807, 2.05) is 0 Å². The molecular weight excluding hydrogens is 312 g/mol. The van der Waals surface area contributed by atoms with Gasteiger partial charge in [-0.15, -0.1) is 0 Å². The molecule has 150 valence electrons. The first-order valence-corrected chi connectivity index (χ1v) is 10.4. The van der Waals surface area contributed by atoms with Crippen LogP contribution in [0.4, 0.5) is 0 Å². The van der Waals surface area contributed by atoms with E-state index in [0.29, 0.717) is 6.61 Å². The second-order valence-corrected chi connectivity index (χ2v) is 7.23. The predicted octanol–water partition coefficient (Wildman–Crippen LogP) is 6.44. The molecule has 3 nitrogen and oxygen atoms in total. The standard InChI is InChI=1S/C18H38O.C4H6O2/c1-18(2)16-14-12-10-8-6-4-3-5-7-9-11-13-15-17-19;1-3-4(5)6-2/h18-19H,3-17H2,1-2H3;3H,1H2,2H3. The fourth-order valence-corrected chi connectivity index (χ4v) is 2.69. The maximum Gasteiger partial charge on any atom is 0.329 e. The van der Waals surface area contributed by atoms with Gasteiger partial charge in [0, 0.05) is 12.7 Å². The van der Waals surface area contributed by atoms with Gasteiger partial charge in [-0.2, -0.15) is 0 Å². The lowest BCUT2D eigenvalue weighted by atomic mass is 10.0. The van der Waals surface area contributed by atoms with Gasteiger partial charge in [-0.25, -0.2) is 4.79 Å². The van der Waals surface area contributed by atoms with E-state index in [1.165, 1.54) is 90.6 Å². The molecule has 0 heterocycles. The lowest BCUT2D eigenvalue weighted by molar-refractivity contribution is -0.134. The summed E-state index contributed by atoms with van der Waals surface area (Å²) >= 11 is 0. The number of hydrogen-bond donors (Lipinski definition) is 1. The van der Waals surface area contributed by atoms with Crippen molar-refractivity contribution in [1.82, 2.24) is 0 Å². The number of hydrogen-bond acceptors (Lipinski definition) is 3. The van der Waals surface area contributed by atoms with Crippen LogP contribution in [0.15, 0.2) is 12.7 Å². The smallest absolute Gasteiger partial charge is 0.329 e. The van der Waals surface area contributed by atoms with Crippen LogP contribution in [0.5, 0.6) is 0 Å². The third kappa shape index (κ3) is 28.3. The first kappa shape index (κ1) is 26.4. The molecule has 0 aromatic heterocycles. The summed E-state index contributed by atoms with van der Waals surface area (Å²) in [4.78, 5) is 9.84. The number of aliphatic hydroxyl groups excluding tert-OH is 1. The van der Waals surface area contributed by atoms with Crippen molar-refractivity contribution in [2.24, 2.45) is 5.92 Å². The van der Waals surface area contributed by atoms with Gasteiger partial charge >= 0.3 is 5.97 Å². The second-order valence-electron chi connectivity index (χ2n) is 7.23. The number of rotatable bonds is 16. The third-order valence-corrected chi connectivity index (χ3v) is 4.31. The minimum Gasteiger partial charge on any atom is -0.466 e. The molecular formula is C22H44O3. The summed E-state index contributed by atoms with van der Waals surface area (Å²) in [6.07, 6.45) is 20.4. The van der Waals surface area contributed by atoms with Crippen LogP contribution >= 0.6 is 0 Å². The molecule has 0 bridgehead atoms. The second kappa shape index (κ2) is 23.2. The lowest BCUT2D eigenvalue weighted by Crippen LogP contribution is -1.91. The average Bonchev–Trinajstić information content (AvgIpc) is 2.61. The minimum absolute atomic E-state index is 0.372. The number of carbonyl (C=O) groups excluding carboxylic acids is 1. The predicted molar refractivity (Wildman–Crippen MR) is 109 cm³/mol. The Morgan fingerprint density at radius 3 is 1.44 bits per heavy atom. The number of ether oxygens (including phenoxy) is 1. The highest BCUT2D eigenvalue weighted by Crippen LogP contribution is 2.14. The molecule has 0 aromatic rings. The van der Waals surface area contributed by atoms with Gasteiger partial charge in [0.2, 0.25) is 0 Å². The van der Waals surface area contributed by atoms with Gasteiger partial charge in [-0.1, -0.05) is 104 Å². The first-order valence-electron chi connectivity index (χ1n) is 10.4. The Balaban J connectivity index is 0. The zero-order chi connectivity index (χ0) is 19.2. The Morgan fingerprint density at radius 1 is 0.840 bits per heavy atom. The Hall–Kier alpha value is -0.830. The summed E-state index contributed by atoms with van der Waals surface area (Å²) in [5.41, 5.74) is 0. The van der Waals surface area contributed by atoms with Crippen LogP contribution < -0.4 is 0 Å². The molecule has 0 rings (SSSR count). The normalized spacial score (nSPS) is 10.3. The summed E-state index contributed by atoms with van der Waals surface area (Å²) in [7, 11) is 1.31. The summed E-state index contributed by atoms with van der Waals surface area (Å²) in [6, 6.07) is 0. The van der Waals surface area contributed by atoms with Crippen LogP contribution in [-0.4, -0.2) is 24.8 Å². The van der Waals surface area contributed by atoms with E-state index in [0.717, 1.165) is 18.4 Å². The highest BCUT2D eigenvalue weighted by molar-refractivity contribution is 5.80. The molecule has 0 radical (unpaired) electrons. The first-order chi connectivity index (χ1) is 12.1. The number of esters is 1. The Bertz CT molecular complexity index is 274. The molecule has 0 unspecified atom stereocenters. The highest BCUT2D eigenvalue weighted by Gasteiger charge is 1.95. The summed E-state index contributed by atoms with van der Waals surface area (Å²) in [5.74, 6) is 0.493. The molecule has 0 aliphatic carbocycles. The maximum atomic E-state index is 9.84. The van der Waals surface area contributed by atoms with Crippen molar-refractivity contribution < 1.29 is 14.6 Å². The zero-order valence-electron chi connectivity index (χ0n) is 17.2. The molecule has 0 amide bonds. The van der Waals surface area contributed by atoms with Gasteiger partial charge in [0.25, 0.3) is 0 Å². The fraction of sp³-hybridized carbons (Fsp3) is 0.864. The number of carbonyl (C=O) groups is 1. The van der Waals surface area contributed by atoms with Crippen LogP contribution in [0.1, 0.15) is 104 Å². The van der Waals surface area contributed by atoms with Crippen LogP contribution in [0.2, 0.25) is 0 Å². The monoisotopic (exact) mass is 356 g/mol. The van der Waals surface area contributed by atoms with Gasteiger partial charge in [0.15, 0.2) is 0 Å². The van der Waals surface area contributed by atoms with E-state index >= 15 is 0 Å². The molecule has 3 heteroatoms. The van der Waals surface area contributed by atoms with Crippen molar-refractivity contribution in [2.45, 2.75) is 104 Å². The molecule has 0 saturated carbocycles. The molecule has 0 aliphatic heterocycles. The topological polar surface area (TPSA) is 46.5 Å². The van der Waals surface area contributed by atoms with Crippen LogP contribution in [0.3, 0.4) is 0 Å². The molecule has 0 saturated heterocycles. The van der Waals surface area contributed by atoms with E-state index < -0.39 is 5.97 Å². The number of unbranched alkanes of at least 4 members (excludes halogenated alkanes) is 12. The molecule has 1 N–H and O–H groups in total. The molecule has 0 fully saturated rings. The minimum atomic E-state index is -0.394. The summed E-state index contributed by atoms with van der Waals surface area (Å²) < 4.78 is 4.14. The number of aliphatic hydroxyl groups is 1. The van der Waals surface area contributed by atoms with E-state index in [2.05, 4.69) is 25.2 Å². The maximum absolute atomic E-state index is 9.84. The van der Waals surface area contributed by atoms with E-state index in [9.17, 15) is 4.79 Å². The van der Waals surface area contributed by atoms with Crippen LogP contribution in [0.25, 0.3) is 0 Å². The molecule has 0 aliphatic rings. The van der Waals surface area contributed by atoms with Crippen molar-refractivity contribution >= 4 is 5.97 Å². The van der Waals surface area contributed by atoms with Crippen molar-refractivity contribution in [2.75, 3.05) is 13.7 Å². The van der Waals surface area contributed by atoms with Gasteiger partial charge in [0.1, 0.15) is 0 Å². The molecule has 0 spiro atoms. The largest absolute Gasteiger partial charge is 0.466 e. The average molecular weight is 357 g/mol. The van der Waals surface area contributed by atoms with E-state index in [4.69, 9.17) is 5.11 Å². The lowest BCUT2D eigenvalue weighted by Gasteiger charge is -2.04. The van der Waals surface area contributed by atoms with Gasteiger partial charge in [0.05, 0.1) is 7.11 Å². The molecule has 0 atom stereocenters. The van der Waals surface area contributed by atoms with Gasteiger partial charge < -0.3 is 9.84 Å².